The third kappa shape index (κ3) is 3.92. The van der Waals surface area contributed by atoms with Crippen LogP contribution in [0.15, 0.2) is 29.4 Å². The molecule has 1 atom stereocenters. The third-order valence-corrected chi connectivity index (χ3v) is 7.08. The average molecular weight is 453 g/mol. The molecular weight excluding hydrogens is 427 g/mol. The van der Waals surface area contributed by atoms with Crippen LogP contribution in [0.2, 0.25) is 0 Å². The van der Waals surface area contributed by atoms with Crippen LogP contribution < -0.4 is 9.88 Å². The highest BCUT2D eigenvalue weighted by Crippen LogP contribution is 2.54. The molecule has 1 spiro atoms. The Balaban J connectivity index is 1.62. The first kappa shape index (κ1) is 21.7. The first-order chi connectivity index (χ1) is 14.6. The molecule has 1 unspecified atom stereocenters. The highest BCUT2D eigenvalue weighted by Gasteiger charge is 2.55. The van der Waals surface area contributed by atoms with E-state index in [1.807, 2.05) is 13.2 Å². The van der Waals surface area contributed by atoms with E-state index in [1.54, 1.807) is 15.8 Å². The number of aryl methyl sites for hydroxylation is 1. The lowest BCUT2D eigenvalue weighted by atomic mass is 9.64. The number of nitrogens with two attached hydrogens (primary N) is 1. The lowest BCUT2D eigenvalue weighted by Crippen LogP contribution is -2.62. The second-order valence-electron chi connectivity index (χ2n) is 8.18. The number of rotatable bonds is 5. The van der Waals surface area contributed by atoms with Crippen LogP contribution in [0, 0.1) is 11.2 Å². The van der Waals surface area contributed by atoms with Gasteiger partial charge in [0.1, 0.15) is 4.90 Å². The number of carbonyl (C=O) groups excluding carboxylic acids is 1. The Kier molecular flexibility index (Phi) is 5.52. The van der Waals surface area contributed by atoms with Crippen molar-refractivity contribution in [2.45, 2.75) is 30.2 Å². The number of methoxy groups -OCH3 is 1. The number of ether oxygens (including phenoxy) is 2. The number of benzene rings is 1. The summed E-state index contributed by atoms with van der Waals surface area (Å²) in [6.45, 7) is 1.84. The van der Waals surface area contributed by atoms with E-state index in [9.17, 15) is 17.6 Å². The summed E-state index contributed by atoms with van der Waals surface area (Å²) in [5.74, 6) is -1.57. The summed E-state index contributed by atoms with van der Waals surface area (Å²) in [4.78, 5) is 14.4. The molecule has 0 aliphatic carbocycles. The van der Waals surface area contributed by atoms with E-state index in [0.29, 0.717) is 19.8 Å². The fourth-order valence-electron chi connectivity index (χ4n) is 4.70. The molecule has 9 nitrogen and oxygen atoms in total. The van der Waals surface area contributed by atoms with Gasteiger partial charge in [-0.15, -0.1) is 0 Å². The number of carbonyl (C=O) groups is 1. The molecule has 168 valence electrons. The van der Waals surface area contributed by atoms with Crippen LogP contribution in [0.5, 0.6) is 5.75 Å². The highest BCUT2D eigenvalue weighted by molar-refractivity contribution is 7.89. The summed E-state index contributed by atoms with van der Waals surface area (Å²) < 4.78 is 50.2. The standard InChI is InChI=1S/C20H25FN4O5S/c1-24-11-14(10-23-24)19-20(3-5-30-6-4-20)12-25(19)17(26)9-13-7-15(21)18(29-2)16(8-13)31(22,27)28/h7-8,10-11,19H,3-6,9,12H2,1-2H3,(H2,22,27,28). The summed E-state index contributed by atoms with van der Waals surface area (Å²) in [6.07, 6.45) is 5.17. The fraction of sp³-hybridized carbons (Fsp3) is 0.500. The molecule has 0 radical (unpaired) electrons. The minimum absolute atomic E-state index is 0.0755. The van der Waals surface area contributed by atoms with Gasteiger partial charge in [0.2, 0.25) is 15.9 Å². The van der Waals surface area contributed by atoms with Crippen molar-refractivity contribution in [3.63, 3.8) is 0 Å². The van der Waals surface area contributed by atoms with Crippen molar-refractivity contribution in [3.05, 3.63) is 41.5 Å². The maximum absolute atomic E-state index is 14.4. The Morgan fingerprint density at radius 1 is 1.39 bits per heavy atom. The Bertz CT molecular complexity index is 1110. The molecular formula is C20H25FN4O5S. The maximum atomic E-state index is 14.4. The van der Waals surface area contributed by atoms with E-state index >= 15 is 0 Å². The number of likely N-dealkylation sites (tertiary alicyclic amines) is 1. The number of amides is 1. The number of primary sulfonamides is 1. The van der Waals surface area contributed by atoms with Gasteiger partial charge in [-0.3, -0.25) is 9.48 Å². The van der Waals surface area contributed by atoms with Crippen LogP contribution >= 0.6 is 0 Å². The molecule has 3 heterocycles. The minimum atomic E-state index is -4.23. The number of hydrogen-bond donors (Lipinski definition) is 1. The maximum Gasteiger partial charge on any atom is 0.241 e. The van der Waals surface area contributed by atoms with E-state index < -0.39 is 26.5 Å². The quantitative estimate of drug-likeness (QED) is 0.727. The molecule has 1 aromatic carbocycles. The highest BCUT2D eigenvalue weighted by atomic mass is 32.2. The van der Waals surface area contributed by atoms with Gasteiger partial charge < -0.3 is 14.4 Å². The molecule has 2 aliphatic rings. The van der Waals surface area contributed by atoms with Crippen LogP contribution in [0.25, 0.3) is 0 Å². The number of halogens is 1. The molecule has 2 aliphatic heterocycles. The number of nitrogens with zero attached hydrogens (tertiary/aromatic N) is 3. The zero-order valence-corrected chi connectivity index (χ0v) is 18.2. The minimum Gasteiger partial charge on any atom is -0.492 e. The van der Waals surface area contributed by atoms with E-state index in [0.717, 1.165) is 31.6 Å². The predicted molar refractivity (Wildman–Crippen MR) is 108 cm³/mol. The molecule has 0 saturated carbocycles. The molecule has 1 amide bonds. The van der Waals surface area contributed by atoms with Crippen LogP contribution in [-0.4, -0.2) is 55.9 Å². The van der Waals surface area contributed by atoms with Crippen molar-refractivity contribution in [2.75, 3.05) is 26.9 Å². The van der Waals surface area contributed by atoms with Gasteiger partial charge in [-0.25, -0.2) is 17.9 Å². The summed E-state index contributed by atoms with van der Waals surface area (Å²) >= 11 is 0. The summed E-state index contributed by atoms with van der Waals surface area (Å²) in [6, 6.07) is 2.14. The first-order valence-corrected chi connectivity index (χ1v) is 11.4. The Labute approximate surface area is 180 Å². The molecule has 11 heteroatoms. The Hall–Kier alpha value is -2.50. The van der Waals surface area contributed by atoms with Gasteiger partial charge in [-0.2, -0.15) is 5.10 Å². The zero-order valence-electron chi connectivity index (χ0n) is 17.4. The molecule has 4 rings (SSSR count). The molecule has 2 fully saturated rings. The van der Waals surface area contributed by atoms with E-state index in [1.165, 1.54) is 6.07 Å². The van der Waals surface area contributed by atoms with Gasteiger partial charge in [0.05, 0.1) is 25.8 Å². The summed E-state index contributed by atoms with van der Waals surface area (Å²) in [5, 5.41) is 9.45. The van der Waals surface area contributed by atoms with E-state index in [-0.39, 0.29) is 29.3 Å². The molecule has 2 saturated heterocycles. The average Bonchev–Trinajstić information content (AvgIpc) is 3.11. The van der Waals surface area contributed by atoms with Crippen molar-refractivity contribution in [1.29, 1.82) is 0 Å². The predicted octanol–water partition coefficient (Wildman–Crippen LogP) is 1.14. The monoisotopic (exact) mass is 452 g/mol. The first-order valence-electron chi connectivity index (χ1n) is 9.89. The second kappa shape index (κ2) is 7.88. The van der Waals surface area contributed by atoms with Crippen molar-refractivity contribution in [2.24, 2.45) is 17.6 Å². The lowest BCUT2D eigenvalue weighted by molar-refractivity contribution is -0.168. The van der Waals surface area contributed by atoms with Gasteiger partial charge in [0.15, 0.2) is 11.6 Å². The number of aromatic nitrogens is 2. The lowest BCUT2D eigenvalue weighted by Gasteiger charge is -2.59. The SMILES string of the molecule is COc1c(F)cc(CC(=O)N2CC3(CCOCC3)C2c2cnn(C)c2)cc1S(N)(=O)=O. The van der Waals surface area contributed by atoms with Crippen LogP contribution in [0.1, 0.15) is 30.0 Å². The Morgan fingerprint density at radius 2 is 2.10 bits per heavy atom. The van der Waals surface area contributed by atoms with Gasteiger partial charge in [0, 0.05) is 44.0 Å². The van der Waals surface area contributed by atoms with Crippen LogP contribution in [0.4, 0.5) is 4.39 Å². The second-order valence-corrected chi connectivity index (χ2v) is 9.71. The fourth-order valence-corrected chi connectivity index (χ4v) is 5.46. The summed E-state index contributed by atoms with van der Waals surface area (Å²) in [7, 11) is -1.25. The molecule has 1 aromatic heterocycles. The number of hydrogen-bond acceptors (Lipinski definition) is 6. The molecule has 31 heavy (non-hydrogen) atoms. The molecule has 0 bridgehead atoms. The van der Waals surface area contributed by atoms with Crippen LogP contribution in [0.3, 0.4) is 0 Å². The van der Waals surface area contributed by atoms with Crippen molar-refractivity contribution < 1.29 is 27.1 Å². The van der Waals surface area contributed by atoms with Gasteiger partial charge >= 0.3 is 0 Å². The summed E-state index contributed by atoms with van der Waals surface area (Å²) in [5.41, 5.74) is 1.08. The topological polar surface area (TPSA) is 117 Å². The van der Waals surface area contributed by atoms with Gasteiger partial charge in [-0.05, 0) is 30.5 Å². The van der Waals surface area contributed by atoms with Crippen molar-refractivity contribution in [1.82, 2.24) is 14.7 Å². The Morgan fingerprint density at radius 3 is 2.68 bits per heavy atom. The smallest absolute Gasteiger partial charge is 0.241 e. The molecule has 2 N–H and O–H groups in total. The van der Waals surface area contributed by atoms with Crippen LogP contribution in [-0.2, 0) is 33.0 Å². The van der Waals surface area contributed by atoms with Gasteiger partial charge in [-0.1, -0.05) is 0 Å². The zero-order chi connectivity index (χ0) is 22.4. The van der Waals surface area contributed by atoms with E-state index in [4.69, 9.17) is 14.6 Å². The molecule has 2 aromatic rings. The third-order valence-electron chi connectivity index (χ3n) is 6.16. The van der Waals surface area contributed by atoms with E-state index in [2.05, 4.69) is 5.10 Å². The number of sulfonamides is 1. The van der Waals surface area contributed by atoms with Gasteiger partial charge in [0.25, 0.3) is 0 Å². The largest absolute Gasteiger partial charge is 0.492 e. The van der Waals surface area contributed by atoms with Crippen molar-refractivity contribution >= 4 is 15.9 Å². The normalized spacial score (nSPS) is 20.5. The van der Waals surface area contributed by atoms with Crippen molar-refractivity contribution in [3.8, 4) is 5.75 Å².